The van der Waals surface area contributed by atoms with E-state index in [2.05, 4.69) is 24.3 Å². The Bertz CT molecular complexity index is 613. The third kappa shape index (κ3) is 2.11. The number of ether oxygens (including phenoxy) is 2. The van der Waals surface area contributed by atoms with E-state index in [1.165, 1.54) is 10.9 Å². The predicted octanol–water partition coefficient (Wildman–Crippen LogP) is 3.94. The molecule has 3 heteroatoms. The van der Waals surface area contributed by atoms with Gasteiger partial charge < -0.3 is 9.47 Å². The third-order valence-electron chi connectivity index (χ3n) is 4.30. The van der Waals surface area contributed by atoms with Crippen LogP contribution in [0.3, 0.4) is 0 Å². The smallest absolute Gasteiger partial charge is 0.0995 e. The summed E-state index contributed by atoms with van der Waals surface area (Å²) >= 11 is 0. The van der Waals surface area contributed by atoms with Crippen LogP contribution in [-0.4, -0.2) is 18.2 Å². The molecule has 0 N–H and O–H groups in total. The third-order valence-corrected chi connectivity index (χ3v) is 4.30. The fourth-order valence-corrected chi connectivity index (χ4v) is 3.29. The molecular formula is C17H19NO2. The lowest BCUT2D eigenvalue weighted by atomic mass is 9.99. The highest BCUT2D eigenvalue weighted by molar-refractivity contribution is 5.82. The second-order valence-electron chi connectivity index (χ2n) is 5.66. The molecule has 1 aromatic carbocycles. The first kappa shape index (κ1) is 12.3. The summed E-state index contributed by atoms with van der Waals surface area (Å²) in [5, 5.41) is 1.22. The van der Waals surface area contributed by atoms with Crippen molar-refractivity contribution < 1.29 is 9.47 Å². The number of para-hydroxylation sites is 1. The van der Waals surface area contributed by atoms with Crippen molar-refractivity contribution in [2.75, 3.05) is 13.2 Å². The molecule has 0 amide bonds. The second-order valence-corrected chi connectivity index (χ2v) is 5.66. The molecule has 2 saturated heterocycles. The highest BCUT2D eigenvalue weighted by Crippen LogP contribution is 2.36. The fraction of sp³-hybridized carbons (Fsp3) is 0.471. The average molecular weight is 269 g/mol. The molecule has 2 atom stereocenters. The first-order valence-electron chi connectivity index (χ1n) is 7.54. The molecule has 2 aliphatic heterocycles. The lowest BCUT2D eigenvalue weighted by Gasteiger charge is -2.17. The van der Waals surface area contributed by atoms with Crippen LogP contribution in [0.4, 0.5) is 0 Å². The molecule has 4 rings (SSSR count). The average Bonchev–Trinajstić information content (AvgIpc) is 3.19. The van der Waals surface area contributed by atoms with E-state index < -0.39 is 0 Å². The monoisotopic (exact) mass is 269 g/mol. The van der Waals surface area contributed by atoms with Gasteiger partial charge >= 0.3 is 0 Å². The van der Waals surface area contributed by atoms with Gasteiger partial charge in [0.15, 0.2) is 0 Å². The van der Waals surface area contributed by atoms with Crippen molar-refractivity contribution in [2.24, 2.45) is 0 Å². The van der Waals surface area contributed by atoms with Gasteiger partial charge in [-0.05, 0) is 43.4 Å². The van der Waals surface area contributed by atoms with Crippen molar-refractivity contribution in [3.8, 4) is 0 Å². The van der Waals surface area contributed by atoms with Gasteiger partial charge in [0.2, 0.25) is 0 Å². The van der Waals surface area contributed by atoms with E-state index in [9.17, 15) is 0 Å². The lowest BCUT2D eigenvalue weighted by Crippen LogP contribution is -2.04. The highest BCUT2D eigenvalue weighted by atomic mass is 16.5. The molecule has 2 unspecified atom stereocenters. The summed E-state index contributed by atoms with van der Waals surface area (Å²) < 4.78 is 11.7. The van der Waals surface area contributed by atoms with Gasteiger partial charge in [0.05, 0.1) is 23.4 Å². The first-order chi connectivity index (χ1) is 9.92. The van der Waals surface area contributed by atoms with Crippen molar-refractivity contribution in [2.45, 2.75) is 37.9 Å². The van der Waals surface area contributed by atoms with Gasteiger partial charge in [-0.2, -0.15) is 0 Å². The Kier molecular flexibility index (Phi) is 3.17. The number of aromatic nitrogens is 1. The topological polar surface area (TPSA) is 31.4 Å². The zero-order valence-corrected chi connectivity index (χ0v) is 11.5. The van der Waals surface area contributed by atoms with Crippen molar-refractivity contribution in [3.05, 3.63) is 41.6 Å². The molecule has 2 aliphatic rings. The normalized spacial score (nSPS) is 26.4. The van der Waals surface area contributed by atoms with Crippen molar-refractivity contribution >= 4 is 10.9 Å². The minimum Gasteiger partial charge on any atom is -0.374 e. The minimum absolute atomic E-state index is 0.166. The van der Waals surface area contributed by atoms with Crippen LogP contribution >= 0.6 is 0 Å². The fourth-order valence-electron chi connectivity index (χ4n) is 3.29. The van der Waals surface area contributed by atoms with Gasteiger partial charge in [0, 0.05) is 18.6 Å². The Balaban J connectivity index is 1.85. The number of benzene rings is 1. The SMILES string of the molecule is c1ccc2c(C3CCCO3)cc(C3CCCO3)nc2c1. The highest BCUT2D eigenvalue weighted by Gasteiger charge is 2.24. The summed E-state index contributed by atoms with van der Waals surface area (Å²) in [5.74, 6) is 0. The van der Waals surface area contributed by atoms with Gasteiger partial charge in [-0.3, -0.25) is 4.98 Å². The van der Waals surface area contributed by atoms with Crippen LogP contribution < -0.4 is 0 Å². The predicted molar refractivity (Wildman–Crippen MR) is 77.6 cm³/mol. The quantitative estimate of drug-likeness (QED) is 0.827. The maximum Gasteiger partial charge on any atom is 0.0995 e. The Morgan fingerprint density at radius 2 is 1.70 bits per heavy atom. The van der Waals surface area contributed by atoms with Crippen molar-refractivity contribution in [1.82, 2.24) is 4.98 Å². The van der Waals surface area contributed by atoms with E-state index in [1.54, 1.807) is 0 Å². The molecule has 104 valence electrons. The van der Waals surface area contributed by atoms with Gasteiger partial charge in [0.25, 0.3) is 0 Å². The minimum atomic E-state index is 0.166. The van der Waals surface area contributed by atoms with E-state index in [-0.39, 0.29) is 12.2 Å². The molecule has 3 heterocycles. The molecule has 2 aromatic rings. The molecule has 0 aliphatic carbocycles. The van der Waals surface area contributed by atoms with Crippen LogP contribution in [0, 0.1) is 0 Å². The van der Waals surface area contributed by atoms with Crippen LogP contribution in [0.1, 0.15) is 49.1 Å². The van der Waals surface area contributed by atoms with E-state index in [0.717, 1.165) is 50.1 Å². The van der Waals surface area contributed by atoms with Crippen LogP contribution in [0.15, 0.2) is 30.3 Å². The summed E-state index contributed by atoms with van der Waals surface area (Å²) in [4.78, 5) is 4.81. The Morgan fingerprint density at radius 1 is 0.950 bits per heavy atom. The summed E-state index contributed by atoms with van der Waals surface area (Å²) in [6.45, 7) is 1.73. The number of rotatable bonds is 2. The van der Waals surface area contributed by atoms with Crippen molar-refractivity contribution in [1.29, 1.82) is 0 Å². The lowest BCUT2D eigenvalue weighted by molar-refractivity contribution is 0.105. The van der Waals surface area contributed by atoms with E-state index in [4.69, 9.17) is 14.5 Å². The zero-order chi connectivity index (χ0) is 13.4. The summed E-state index contributed by atoms with van der Waals surface area (Å²) in [6.07, 6.45) is 4.86. The largest absolute Gasteiger partial charge is 0.374 e. The molecule has 0 saturated carbocycles. The van der Waals surface area contributed by atoms with Crippen LogP contribution in [0.5, 0.6) is 0 Å². The number of nitrogens with zero attached hydrogens (tertiary/aromatic N) is 1. The Morgan fingerprint density at radius 3 is 2.45 bits per heavy atom. The number of fused-ring (bicyclic) bond motifs is 1. The second kappa shape index (κ2) is 5.15. The van der Waals surface area contributed by atoms with Gasteiger partial charge in [-0.1, -0.05) is 18.2 Å². The molecule has 3 nitrogen and oxygen atoms in total. The molecule has 1 aromatic heterocycles. The number of hydrogen-bond donors (Lipinski definition) is 0. The van der Waals surface area contributed by atoms with E-state index in [0.29, 0.717) is 0 Å². The zero-order valence-electron chi connectivity index (χ0n) is 11.5. The summed E-state index contributed by atoms with van der Waals surface area (Å²) in [5.41, 5.74) is 3.43. The molecule has 0 bridgehead atoms. The molecule has 0 spiro atoms. The molecule has 2 fully saturated rings. The Hall–Kier alpha value is -1.45. The summed E-state index contributed by atoms with van der Waals surface area (Å²) in [6, 6.07) is 10.6. The first-order valence-corrected chi connectivity index (χ1v) is 7.54. The van der Waals surface area contributed by atoms with Crippen LogP contribution in [0.2, 0.25) is 0 Å². The van der Waals surface area contributed by atoms with Crippen LogP contribution in [0.25, 0.3) is 10.9 Å². The van der Waals surface area contributed by atoms with Crippen LogP contribution in [-0.2, 0) is 9.47 Å². The molecule has 0 radical (unpaired) electrons. The standard InChI is InChI=1S/C17H19NO2/c1-2-6-14-12(5-1)13(16-7-3-9-19-16)11-15(18-14)17-8-4-10-20-17/h1-2,5-6,11,16-17H,3-4,7-10H2. The van der Waals surface area contributed by atoms with Gasteiger partial charge in [-0.25, -0.2) is 0 Å². The molecule has 20 heavy (non-hydrogen) atoms. The molecular weight excluding hydrogens is 250 g/mol. The number of hydrogen-bond acceptors (Lipinski definition) is 3. The van der Waals surface area contributed by atoms with Gasteiger partial charge in [0.1, 0.15) is 0 Å². The number of pyridine rings is 1. The van der Waals surface area contributed by atoms with E-state index >= 15 is 0 Å². The Labute approximate surface area is 118 Å². The van der Waals surface area contributed by atoms with E-state index in [1.807, 2.05) is 6.07 Å². The van der Waals surface area contributed by atoms with Gasteiger partial charge in [-0.15, -0.1) is 0 Å². The maximum absolute atomic E-state index is 5.90. The van der Waals surface area contributed by atoms with Crippen molar-refractivity contribution in [3.63, 3.8) is 0 Å². The summed E-state index contributed by atoms with van der Waals surface area (Å²) in [7, 11) is 0. The maximum atomic E-state index is 5.90.